The van der Waals surface area contributed by atoms with Crippen molar-refractivity contribution in [3.8, 4) is 0 Å². The molecule has 0 aliphatic carbocycles. The molecule has 0 bridgehead atoms. The molecule has 0 amide bonds. The van der Waals surface area contributed by atoms with Crippen LogP contribution in [-0.2, 0) is 6.54 Å². The van der Waals surface area contributed by atoms with Gasteiger partial charge in [-0.15, -0.1) is 0 Å². The third-order valence-corrected chi connectivity index (χ3v) is 3.94. The molecule has 0 fully saturated rings. The van der Waals surface area contributed by atoms with E-state index in [-0.39, 0.29) is 11.0 Å². The van der Waals surface area contributed by atoms with Crippen LogP contribution in [0.25, 0.3) is 10.9 Å². The highest BCUT2D eigenvalue weighted by Crippen LogP contribution is 2.21. The molecule has 108 valence electrons. The molecule has 1 aromatic carbocycles. The van der Waals surface area contributed by atoms with Gasteiger partial charge in [0.25, 0.3) is 5.56 Å². The molecule has 2 aromatic rings. The number of nitrogens with zero attached hydrogens (tertiary/aromatic N) is 1. The summed E-state index contributed by atoms with van der Waals surface area (Å²) in [6.45, 7) is 5.87. The molecule has 0 saturated carbocycles. The van der Waals surface area contributed by atoms with Crippen LogP contribution in [0.2, 0.25) is 0 Å². The van der Waals surface area contributed by atoms with Crippen molar-refractivity contribution < 1.29 is 0 Å². The van der Waals surface area contributed by atoms with Gasteiger partial charge in [0.15, 0.2) is 0 Å². The van der Waals surface area contributed by atoms with Crippen molar-refractivity contribution in [2.45, 2.75) is 39.7 Å². The number of para-hydroxylation sites is 1. The van der Waals surface area contributed by atoms with Crippen molar-refractivity contribution >= 4 is 10.9 Å². The zero-order valence-corrected chi connectivity index (χ0v) is 12.4. The predicted octanol–water partition coefficient (Wildman–Crippen LogP) is 3.16. The van der Waals surface area contributed by atoms with Gasteiger partial charge in [0.05, 0.1) is 5.52 Å². The van der Waals surface area contributed by atoms with Crippen LogP contribution in [0.15, 0.2) is 41.2 Å². The van der Waals surface area contributed by atoms with E-state index in [0.29, 0.717) is 6.54 Å². The van der Waals surface area contributed by atoms with Crippen LogP contribution in [0.4, 0.5) is 0 Å². The molecular formula is C17H24N2O. The normalized spacial score (nSPS) is 11.9. The largest absolute Gasteiger partial charge is 0.330 e. The molecule has 0 aliphatic heterocycles. The first-order valence-electron chi connectivity index (χ1n) is 7.32. The molecule has 3 heteroatoms. The molecule has 0 aliphatic rings. The second kappa shape index (κ2) is 6.23. The summed E-state index contributed by atoms with van der Waals surface area (Å²) in [5.74, 6) is 0. The highest BCUT2D eigenvalue weighted by molar-refractivity contribution is 5.78. The fraction of sp³-hybridized carbons (Fsp3) is 0.471. The van der Waals surface area contributed by atoms with Crippen LogP contribution >= 0.6 is 0 Å². The van der Waals surface area contributed by atoms with Crippen molar-refractivity contribution in [3.05, 3.63) is 46.8 Å². The summed E-state index contributed by atoms with van der Waals surface area (Å²) in [6, 6.07) is 11.6. The number of hydrogen-bond acceptors (Lipinski definition) is 2. The summed E-state index contributed by atoms with van der Waals surface area (Å²) in [4.78, 5) is 12.0. The van der Waals surface area contributed by atoms with Gasteiger partial charge < -0.3 is 10.3 Å². The summed E-state index contributed by atoms with van der Waals surface area (Å²) in [7, 11) is 0. The zero-order valence-electron chi connectivity index (χ0n) is 12.4. The molecule has 0 atom stereocenters. The number of nitrogens with two attached hydrogens (primary N) is 1. The molecular weight excluding hydrogens is 248 g/mol. The SMILES string of the molecule is CC(C)(CN)CCCCn1c(=O)ccc2ccccc21. The molecule has 1 heterocycles. The predicted molar refractivity (Wildman–Crippen MR) is 84.9 cm³/mol. The lowest BCUT2D eigenvalue weighted by atomic mass is 9.87. The molecule has 2 rings (SSSR count). The molecule has 0 saturated heterocycles. The highest BCUT2D eigenvalue weighted by Gasteiger charge is 2.14. The summed E-state index contributed by atoms with van der Waals surface area (Å²) in [5, 5.41) is 1.12. The van der Waals surface area contributed by atoms with Gasteiger partial charge in [-0.2, -0.15) is 0 Å². The van der Waals surface area contributed by atoms with Crippen molar-refractivity contribution in [1.82, 2.24) is 4.57 Å². The lowest BCUT2D eigenvalue weighted by Crippen LogP contribution is -2.24. The topological polar surface area (TPSA) is 48.0 Å². The average Bonchev–Trinajstić information content (AvgIpc) is 2.45. The minimum atomic E-state index is 0.0850. The lowest BCUT2D eigenvalue weighted by Gasteiger charge is -2.22. The van der Waals surface area contributed by atoms with E-state index in [9.17, 15) is 4.79 Å². The summed E-state index contributed by atoms with van der Waals surface area (Å²) in [5.41, 5.74) is 7.05. The van der Waals surface area contributed by atoms with Gasteiger partial charge in [-0.05, 0) is 42.3 Å². The summed E-state index contributed by atoms with van der Waals surface area (Å²) in [6.07, 6.45) is 3.21. The van der Waals surface area contributed by atoms with Gasteiger partial charge in [0, 0.05) is 12.6 Å². The third kappa shape index (κ3) is 3.48. The van der Waals surface area contributed by atoms with E-state index in [1.54, 1.807) is 6.07 Å². The first-order chi connectivity index (χ1) is 9.53. The van der Waals surface area contributed by atoms with Gasteiger partial charge in [-0.3, -0.25) is 4.79 Å². The Morgan fingerprint density at radius 3 is 2.60 bits per heavy atom. The molecule has 20 heavy (non-hydrogen) atoms. The number of aryl methyl sites for hydroxylation is 1. The highest BCUT2D eigenvalue weighted by atomic mass is 16.1. The first-order valence-corrected chi connectivity index (χ1v) is 7.32. The summed E-state index contributed by atoms with van der Waals surface area (Å²) < 4.78 is 1.88. The van der Waals surface area contributed by atoms with Crippen LogP contribution < -0.4 is 11.3 Å². The molecule has 0 unspecified atom stereocenters. The van der Waals surface area contributed by atoms with Crippen LogP contribution in [0.5, 0.6) is 0 Å². The third-order valence-electron chi connectivity index (χ3n) is 3.94. The van der Waals surface area contributed by atoms with Gasteiger partial charge in [-0.1, -0.05) is 38.5 Å². The maximum atomic E-state index is 12.0. The van der Waals surface area contributed by atoms with E-state index in [1.807, 2.05) is 34.9 Å². The van der Waals surface area contributed by atoms with E-state index < -0.39 is 0 Å². The average molecular weight is 272 g/mol. The Hall–Kier alpha value is -1.61. The van der Waals surface area contributed by atoms with Crippen LogP contribution in [0.3, 0.4) is 0 Å². The van der Waals surface area contributed by atoms with Crippen molar-refractivity contribution in [1.29, 1.82) is 0 Å². The molecule has 3 nitrogen and oxygen atoms in total. The number of rotatable bonds is 6. The zero-order chi connectivity index (χ0) is 14.6. The van der Waals surface area contributed by atoms with Gasteiger partial charge in [-0.25, -0.2) is 0 Å². The van der Waals surface area contributed by atoms with Crippen molar-refractivity contribution in [2.75, 3.05) is 6.54 Å². The van der Waals surface area contributed by atoms with Gasteiger partial charge in [0.2, 0.25) is 0 Å². The quantitative estimate of drug-likeness (QED) is 0.821. The molecule has 2 N–H and O–H groups in total. The molecule has 1 aromatic heterocycles. The smallest absolute Gasteiger partial charge is 0.251 e. The number of benzene rings is 1. The Kier molecular flexibility index (Phi) is 4.61. The van der Waals surface area contributed by atoms with Gasteiger partial charge in [0.1, 0.15) is 0 Å². The van der Waals surface area contributed by atoms with Crippen LogP contribution in [0.1, 0.15) is 33.1 Å². The minimum Gasteiger partial charge on any atom is -0.330 e. The minimum absolute atomic E-state index is 0.0850. The number of hydrogen-bond donors (Lipinski definition) is 1. The molecule has 0 spiro atoms. The number of aromatic nitrogens is 1. The second-order valence-electron chi connectivity index (χ2n) is 6.21. The fourth-order valence-electron chi connectivity index (χ4n) is 2.45. The Morgan fingerprint density at radius 1 is 1.10 bits per heavy atom. The van der Waals surface area contributed by atoms with Gasteiger partial charge >= 0.3 is 0 Å². The Morgan fingerprint density at radius 2 is 1.85 bits per heavy atom. The van der Waals surface area contributed by atoms with E-state index in [0.717, 1.165) is 36.7 Å². The maximum Gasteiger partial charge on any atom is 0.251 e. The van der Waals surface area contributed by atoms with Crippen LogP contribution in [0, 0.1) is 5.41 Å². The number of unbranched alkanes of at least 4 members (excludes halogenated alkanes) is 1. The standard InChI is InChI=1S/C17H24N2O/c1-17(2,13-18)11-5-6-12-19-15-8-4-3-7-14(15)9-10-16(19)20/h3-4,7-10H,5-6,11-13,18H2,1-2H3. The van der Waals surface area contributed by atoms with Crippen LogP contribution in [-0.4, -0.2) is 11.1 Å². The fourth-order valence-corrected chi connectivity index (χ4v) is 2.45. The lowest BCUT2D eigenvalue weighted by molar-refractivity contribution is 0.329. The van der Waals surface area contributed by atoms with Crippen molar-refractivity contribution in [2.24, 2.45) is 11.1 Å². The Bertz CT molecular complexity index is 628. The summed E-state index contributed by atoms with van der Waals surface area (Å²) >= 11 is 0. The Balaban J connectivity index is 2.07. The number of fused-ring (bicyclic) bond motifs is 1. The van der Waals surface area contributed by atoms with E-state index in [2.05, 4.69) is 13.8 Å². The second-order valence-corrected chi connectivity index (χ2v) is 6.21. The van der Waals surface area contributed by atoms with E-state index in [1.165, 1.54) is 0 Å². The number of pyridine rings is 1. The van der Waals surface area contributed by atoms with E-state index in [4.69, 9.17) is 5.73 Å². The van der Waals surface area contributed by atoms with Crippen molar-refractivity contribution in [3.63, 3.8) is 0 Å². The monoisotopic (exact) mass is 272 g/mol. The first kappa shape index (κ1) is 14.8. The Labute approximate surface area is 120 Å². The maximum absolute atomic E-state index is 12.0. The van der Waals surface area contributed by atoms with E-state index >= 15 is 0 Å². The molecule has 0 radical (unpaired) electrons.